The molecule has 152 valence electrons. The predicted octanol–water partition coefficient (Wildman–Crippen LogP) is 3.51. The number of nitrogens with zero attached hydrogens (tertiary/aromatic N) is 6. The molecule has 8 nitrogen and oxygen atoms in total. The Morgan fingerprint density at radius 1 is 1.06 bits per heavy atom. The van der Waals surface area contributed by atoms with E-state index in [1.54, 1.807) is 36.8 Å². The standard InChI is InChI=1S/C22H17FN8/c23-17-4-1-2-5-18(17)28-22-26-11-13-10-15(14-6-8-24-19-16(14)12-27-30-19)21-25-7-3-9-31(21)20(13)29-22/h1-2,4-6,8,10-12,25H,3,7,9H2,(H,24,27,30). The minimum atomic E-state index is -0.403. The van der Waals surface area contributed by atoms with Crippen molar-refractivity contribution in [3.8, 4) is 22.5 Å². The van der Waals surface area contributed by atoms with E-state index in [1.165, 1.54) is 6.07 Å². The van der Waals surface area contributed by atoms with Gasteiger partial charge in [0.05, 0.1) is 6.20 Å². The van der Waals surface area contributed by atoms with E-state index in [2.05, 4.69) is 46.1 Å². The number of rotatable bonds is 2. The third-order valence-corrected chi connectivity index (χ3v) is 5.43. The number of hydrogen-bond acceptors (Lipinski definition) is 6. The van der Waals surface area contributed by atoms with E-state index in [1.807, 2.05) is 6.07 Å². The molecule has 3 aliphatic rings. The molecule has 2 N–H and O–H groups in total. The molecule has 0 fully saturated rings. The highest BCUT2D eigenvalue weighted by Gasteiger charge is 2.22. The van der Waals surface area contributed by atoms with Gasteiger partial charge in [-0.25, -0.2) is 19.4 Å². The Bertz CT molecular complexity index is 1470. The van der Waals surface area contributed by atoms with E-state index in [-0.39, 0.29) is 11.3 Å². The van der Waals surface area contributed by atoms with Gasteiger partial charge in [0.2, 0.25) is 0 Å². The number of aromatic amines is 1. The Kier molecular flexibility index (Phi) is 3.98. The topological polar surface area (TPSA) is 96.7 Å². The fourth-order valence-corrected chi connectivity index (χ4v) is 4.01. The van der Waals surface area contributed by atoms with Gasteiger partial charge >= 0.3 is 0 Å². The molecule has 31 heavy (non-hydrogen) atoms. The van der Waals surface area contributed by atoms with E-state index in [0.717, 1.165) is 58.9 Å². The van der Waals surface area contributed by atoms with Crippen molar-refractivity contribution in [1.29, 1.82) is 0 Å². The molecule has 2 aromatic heterocycles. The van der Waals surface area contributed by atoms with Gasteiger partial charge < -0.3 is 9.88 Å². The maximum Gasteiger partial charge on any atom is 0.251 e. The van der Waals surface area contributed by atoms with Gasteiger partial charge in [-0.1, -0.05) is 12.1 Å². The number of fused-ring (bicyclic) bond motifs is 4. The first-order chi connectivity index (χ1) is 15.3. The number of aromatic nitrogens is 6. The highest BCUT2D eigenvalue weighted by Crippen LogP contribution is 2.38. The normalized spacial score (nSPS) is 14.0. The van der Waals surface area contributed by atoms with Crippen molar-refractivity contribution in [2.75, 3.05) is 11.9 Å². The molecule has 0 aliphatic carbocycles. The predicted molar refractivity (Wildman–Crippen MR) is 114 cm³/mol. The van der Waals surface area contributed by atoms with Gasteiger partial charge in [0.25, 0.3) is 5.62 Å². The molecule has 0 saturated heterocycles. The number of halogens is 1. The fraction of sp³-hybridized carbons (Fsp3) is 0.136. The first kappa shape index (κ1) is 17.7. The van der Waals surface area contributed by atoms with Gasteiger partial charge in [0.15, 0.2) is 5.65 Å². The van der Waals surface area contributed by atoms with Crippen molar-refractivity contribution in [1.82, 2.24) is 29.7 Å². The molecule has 0 bridgehead atoms. The SMILES string of the molecule is Fc1ccccc1N=c1ncc2cc(-c3ccnc4[nH]ncc34)c3n(c-2n1)CCCN3. The fourth-order valence-electron chi connectivity index (χ4n) is 4.01. The lowest BCUT2D eigenvalue weighted by Crippen LogP contribution is -2.25. The molecular weight excluding hydrogens is 395 g/mol. The van der Waals surface area contributed by atoms with Crippen LogP contribution in [0.1, 0.15) is 6.42 Å². The number of hydrogen-bond donors (Lipinski definition) is 2. The molecule has 0 atom stereocenters. The monoisotopic (exact) mass is 412 g/mol. The maximum absolute atomic E-state index is 14.0. The molecule has 0 unspecified atom stereocenters. The van der Waals surface area contributed by atoms with Crippen LogP contribution in [0.3, 0.4) is 0 Å². The van der Waals surface area contributed by atoms with E-state index in [0.29, 0.717) is 0 Å². The third-order valence-electron chi connectivity index (χ3n) is 5.43. The molecule has 3 aliphatic heterocycles. The van der Waals surface area contributed by atoms with Gasteiger partial charge in [-0.3, -0.25) is 5.10 Å². The second-order valence-corrected chi connectivity index (χ2v) is 7.34. The molecule has 3 aromatic rings. The first-order valence-electron chi connectivity index (χ1n) is 10.00. The van der Waals surface area contributed by atoms with Crippen LogP contribution in [0.4, 0.5) is 15.9 Å². The van der Waals surface area contributed by atoms with E-state index in [4.69, 9.17) is 0 Å². The summed E-state index contributed by atoms with van der Waals surface area (Å²) >= 11 is 0. The quantitative estimate of drug-likeness (QED) is 0.463. The average Bonchev–Trinajstić information content (AvgIpc) is 3.29. The zero-order chi connectivity index (χ0) is 20.8. The summed E-state index contributed by atoms with van der Waals surface area (Å²) in [5.41, 5.74) is 4.12. The molecular formula is C22H17FN8. The summed E-state index contributed by atoms with van der Waals surface area (Å²) in [7, 11) is 0. The second kappa shape index (κ2) is 6.98. The van der Waals surface area contributed by atoms with Gasteiger partial charge in [-0.15, -0.1) is 0 Å². The number of pyridine rings is 2. The van der Waals surface area contributed by atoms with E-state index in [9.17, 15) is 4.39 Å². The molecule has 6 rings (SSSR count). The van der Waals surface area contributed by atoms with Crippen molar-refractivity contribution >= 4 is 22.5 Å². The minimum absolute atomic E-state index is 0.217. The largest absolute Gasteiger partial charge is 0.371 e. The molecule has 1 aromatic carbocycles. The lowest BCUT2D eigenvalue weighted by atomic mass is 10.0. The van der Waals surface area contributed by atoms with E-state index >= 15 is 0 Å². The summed E-state index contributed by atoms with van der Waals surface area (Å²) in [6.45, 7) is 1.68. The number of para-hydroxylation sites is 1. The van der Waals surface area contributed by atoms with Crippen molar-refractivity contribution in [2.45, 2.75) is 13.0 Å². The van der Waals surface area contributed by atoms with Crippen LogP contribution in [-0.2, 0) is 6.54 Å². The maximum atomic E-state index is 14.0. The van der Waals surface area contributed by atoms with Crippen LogP contribution in [0.5, 0.6) is 0 Å². The van der Waals surface area contributed by atoms with Crippen molar-refractivity contribution in [3.63, 3.8) is 0 Å². The van der Waals surface area contributed by atoms with Crippen LogP contribution in [0.15, 0.2) is 60.0 Å². The molecule has 9 heteroatoms. The average molecular weight is 412 g/mol. The Morgan fingerprint density at radius 2 is 2.00 bits per heavy atom. The lowest BCUT2D eigenvalue weighted by Gasteiger charge is -2.27. The third kappa shape index (κ3) is 2.93. The van der Waals surface area contributed by atoms with Crippen LogP contribution < -0.4 is 10.9 Å². The number of nitrogens with one attached hydrogen (secondary N) is 2. The summed E-state index contributed by atoms with van der Waals surface area (Å²) in [4.78, 5) is 17.7. The van der Waals surface area contributed by atoms with Gasteiger partial charge in [-0.05, 0) is 36.2 Å². The highest BCUT2D eigenvalue weighted by molar-refractivity contribution is 5.96. The van der Waals surface area contributed by atoms with Crippen LogP contribution in [0.2, 0.25) is 0 Å². The number of H-pyrrole nitrogens is 1. The van der Waals surface area contributed by atoms with Crippen molar-refractivity contribution in [3.05, 3.63) is 66.4 Å². The first-order valence-corrected chi connectivity index (χ1v) is 10.00. The Balaban J connectivity index is 1.60. The second-order valence-electron chi connectivity index (χ2n) is 7.34. The summed E-state index contributed by atoms with van der Waals surface area (Å²) < 4.78 is 16.2. The molecule has 0 saturated carbocycles. The smallest absolute Gasteiger partial charge is 0.251 e. The molecule has 0 radical (unpaired) electrons. The minimum Gasteiger partial charge on any atom is -0.371 e. The van der Waals surface area contributed by atoms with Crippen LogP contribution in [0.25, 0.3) is 33.5 Å². The van der Waals surface area contributed by atoms with Gasteiger partial charge in [0, 0.05) is 42.0 Å². The number of benzene rings is 1. The van der Waals surface area contributed by atoms with Crippen LogP contribution in [0, 0.1) is 5.82 Å². The lowest BCUT2D eigenvalue weighted by molar-refractivity contribution is 0.619. The Hall–Kier alpha value is -4.14. The van der Waals surface area contributed by atoms with Crippen molar-refractivity contribution in [2.24, 2.45) is 4.99 Å². The zero-order valence-electron chi connectivity index (χ0n) is 16.4. The summed E-state index contributed by atoms with van der Waals surface area (Å²) in [6, 6.07) is 10.4. The zero-order valence-corrected chi connectivity index (χ0v) is 16.4. The van der Waals surface area contributed by atoms with Crippen molar-refractivity contribution < 1.29 is 4.39 Å². The molecule has 5 heterocycles. The summed E-state index contributed by atoms with van der Waals surface area (Å²) in [6.07, 6.45) is 6.26. The van der Waals surface area contributed by atoms with Gasteiger partial charge in [-0.2, -0.15) is 10.1 Å². The van der Waals surface area contributed by atoms with Crippen LogP contribution >= 0.6 is 0 Å². The Morgan fingerprint density at radius 3 is 2.94 bits per heavy atom. The summed E-state index contributed by atoms with van der Waals surface area (Å²) in [5, 5.41) is 11.5. The van der Waals surface area contributed by atoms with Gasteiger partial charge in [0.1, 0.15) is 23.1 Å². The van der Waals surface area contributed by atoms with E-state index < -0.39 is 5.82 Å². The Labute approximate surface area is 175 Å². The molecule has 0 amide bonds. The summed E-state index contributed by atoms with van der Waals surface area (Å²) in [5.74, 6) is 1.33. The molecule has 0 spiro atoms. The highest BCUT2D eigenvalue weighted by atomic mass is 19.1. The number of anilines is 1. The van der Waals surface area contributed by atoms with Crippen LogP contribution in [-0.4, -0.2) is 36.3 Å².